The van der Waals surface area contributed by atoms with E-state index in [1.54, 1.807) is 7.11 Å². The smallest absolute Gasteiger partial charge is 0.120 e. The van der Waals surface area contributed by atoms with Gasteiger partial charge >= 0.3 is 0 Å². The van der Waals surface area contributed by atoms with Crippen molar-refractivity contribution in [2.75, 3.05) is 20.3 Å². The van der Waals surface area contributed by atoms with Crippen LogP contribution in [0.4, 0.5) is 4.39 Å². The standard InChI is InChI=1S/C10H20FNO/c1-8(7-13-2)10(11)9-5-3-4-6-12-9/h8-10,12H,3-7H2,1-2H3. The Labute approximate surface area is 79.8 Å². The molecule has 0 aliphatic carbocycles. The summed E-state index contributed by atoms with van der Waals surface area (Å²) in [6.07, 6.45) is 2.54. The van der Waals surface area contributed by atoms with Crippen molar-refractivity contribution in [1.82, 2.24) is 5.32 Å². The fraction of sp³-hybridized carbons (Fsp3) is 1.00. The van der Waals surface area contributed by atoms with Crippen LogP contribution in [0.1, 0.15) is 26.2 Å². The van der Waals surface area contributed by atoms with E-state index >= 15 is 0 Å². The van der Waals surface area contributed by atoms with Crippen LogP contribution in [0.25, 0.3) is 0 Å². The molecule has 1 aliphatic rings. The number of ether oxygens (including phenoxy) is 1. The molecule has 3 heteroatoms. The molecule has 1 aliphatic heterocycles. The summed E-state index contributed by atoms with van der Waals surface area (Å²) in [7, 11) is 1.62. The lowest BCUT2D eigenvalue weighted by molar-refractivity contribution is 0.0823. The first-order valence-electron chi connectivity index (χ1n) is 5.12. The first-order chi connectivity index (χ1) is 6.25. The number of rotatable bonds is 4. The monoisotopic (exact) mass is 189 g/mol. The SMILES string of the molecule is COCC(C)C(F)C1CCCCN1. The van der Waals surface area contributed by atoms with Crippen molar-refractivity contribution in [2.24, 2.45) is 5.92 Å². The average molecular weight is 189 g/mol. The molecule has 1 fully saturated rings. The number of piperidine rings is 1. The van der Waals surface area contributed by atoms with Crippen LogP contribution >= 0.6 is 0 Å². The zero-order chi connectivity index (χ0) is 9.68. The molecule has 3 atom stereocenters. The normalized spacial score (nSPS) is 28.4. The number of hydrogen-bond donors (Lipinski definition) is 1. The van der Waals surface area contributed by atoms with Gasteiger partial charge in [-0.2, -0.15) is 0 Å². The summed E-state index contributed by atoms with van der Waals surface area (Å²) >= 11 is 0. The van der Waals surface area contributed by atoms with E-state index in [9.17, 15) is 4.39 Å². The lowest BCUT2D eigenvalue weighted by atomic mass is 9.93. The molecule has 0 radical (unpaired) electrons. The molecule has 0 saturated carbocycles. The van der Waals surface area contributed by atoms with E-state index in [0.29, 0.717) is 6.61 Å². The van der Waals surface area contributed by atoms with E-state index in [-0.39, 0.29) is 12.0 Å². The van der Waals surface area contributed by atoms with Gasteiger partial charge in [0.15, 0.2) is 0 Å². The number of halogens is 1. The van der Waals surface area contributed by atoms with Crippen LogP contribution in [0, 0.1) is 5.92 Å². The fourth-order valence-corrected chi connectivity index (χ4v) is 1.90. The highest BCUT2D eigenvalue weighted by atomic mass is 19.1. The molecule has 3 unspecified atom stereocenters. The van der Waals surface area contributed by atoms with Gasteiger partial charge in [-0.1, -0.05) is 13.3 Å². The van der Waals surface area contributed by atoms with Crippen molar-refractivity contribution in [3.05, 3.63) is 0 Å². The summed E-state index contributed by atoms with van der Waals surface area (Å²) in [4.78, 5) is 0. The Morgan fingerprint density at radius 3 is 2.85 bits per heavy atom. The van der Waals surface area contributed by atoms with Crippen molar-refractivity contribution < 1.29 is 9.13 Å². The van der Waals surface area contributed by atoms with Crippen LogP contribution in [0.5, 0.6) is 0 Å². The maximum atomic E-state index is 13.7. The molecule has 0 aromatic carbocycles. The maximum Gasteiger partial charge on any atom is 0.120 e. The third-order valence-corrected chi connectivity index (χ3v) is 2.71. The van der Waals surface area contributed by atoms with Crippen molar-refractivity contribution in [1.29, 1.82) is 0 Å². The zero-order valence-corrected chi connectivity index (χ0v) is 8.55. The van der Waals surface area contributed by atoms with Crippen LogP contribution < -0.4 is 5.32 Å². The molecule has 0 amide bonds. The lowest BCUT2D eigenvalue weighted by Crippen LogP contribution is -2.44. The van der Waals surface area contributed by atoms with Gasteiger partial charge in [-0.25, -0.2) is 4.39 Å². The molecular formula is C10H20FNO. The van der Waals surface area contributed by atoms with Crippen molar-refractivity contribution in [3.8, 4) is 0 Å². The first kappa shape index (κ1) is 10.9. The molecule has 78 valence electrons. The van der Waals surface area contributed by atoms with E-state index in [0.717, 1.165) is 19.4 Å². The van der Waals surface area contributed by atoms with Gasteiger partial charge in [0, 0.05) is 19.1 Å². The van der Waals surface area contributed by atoms with E-state index in [2.05, 4.69) is 5.32 Å². The molecule has 1 saturated heterocycles. The minimum Gasteiger partial charge on any atom is -0.384 e. The van der Waals surface area contributed by atoms with E-state index in [1.165, 1.54) is 6.42 Å². The second-order valence-corrected chi connectivity index (χ2v) is 3.93. The van der Waals surface area contributed by atoms with Gasteiger partial charge in [-0.3, -0.25) is 0 Å². The van der Waals surface area contributed by atoms with Gasteiger partial charge in [0.05, 0.1) is 6.61 Å². The van der Waals surface area contributed by atoms with Crippen molar-refractivity contribution in [2.45, 2.75) is 38.4 Å². The summed E-state index contributed by atoms with van der Waals surface area (Å²) in [5.74, 6) is 0.000556. The molecule has 0 spiro atoms. The summed E-state index contributed by atoms with van der Waals surface area (Å²) in [5.41, 5.74) is 0. The van der Waals surface area contributed by atoms with Crippen LogP contribution in [0.15, 0.2) is 0 Å². The van der Waals surface area contributed by atoms with Crippen molar-refractivity contribution >= 4 is 0 Å². The first-order valence-corrected chi connectivity index (χ1v) is 5.12. The molecule has 2 nitrogen and oxygen atoms in total. The van der Waals surface area contributed by atoms with E-state index in [4.69, 9.17) is 4.74 Å². The number of alkyl halides is 1. The van der Waals surface area contributed by atoms with E-state index < -0.39 is 6.17 Å². The van der Waals surface area contributed by atoms with Gasteiger partial charge in [0.25, 0.3) is 0 Å². The Kier molecular flexibility index (Phi) is 4.67. The minimum atomic E-state index is -0.764. The topological polar surface area (TPSA) is 21.3 Å². The molecule has 1 rings (SSSR count). The Balaban J connectivity index is 2.31. The summed E-state index contributed by atoms with van der Waals surface area (Å²) in [5, 5.41) is 3.23. The van der Waals surface area contributed by atoms with Crippen LogP contribution in [0.2, 0.25) is 0 Å². The molecule has 1 heterocycles. The van der Waals surface area contributed by atoms with Gasteiger partial charge in [-0.15, -0.1) is 0 Å². The predicted octanol–water partition coefficient (Wildman–Crippen LogP) is 1.75. The summed E-state index contributed by atoms with van der Waals surface area (Å²) in [6.45, 7) is 3.38. The van der Waals surface area contributed by atoms with Crippen LogP contribution in [-0.4, -0.2) is 32.5 Å². The van der Waals surface area contributed by atoms with Crippen LogP contribution in [-0.2, 0) is 4.74 Å². The predicted molar refractivity (Wildman–Crippen MR) is 51.6 cm³/mol. The third-order valence-electron chi connectivity index (χ3n) is 2.71. The molecule has 13 heavy (non-hydrogen) atoms. The number of nitrogens with one attached hydrogen (secondary N) is 1. The van der Waals surface area contributed by atoms with Crippen LogP contribution in [0.3, 0.4) is 0 Å². The van der Waals surface area contributed by atoms with E-state index in [1.807, 2.05) is 6.92 Å². The lowest BCUT2D eigenvalue weighted by Gasteiger charge is -2.29. The maximum absolute atomic E-state index is 13.7. The minimum absolute atomic E-state index is 0.000556. The molecular weight excluding hydrogens is 169 g/mol. The second-order valence-electron chi connectivity index (χ2n) is 3.93. The number of methoxy groups -OCH3 is 1. The summed E-state index contributed by atoms with van der Waals surface area (Å²) < 4.78 is 18.7. The van der Waals surface area contributed by atoms with Gasteiger partial charge < -0.3 is 10.1 Å². The fourth-order valence-electron chi connectivity index (χ4n) is 1.90. The summed E-state index contributed by atoms with van der Waals surface area (Å²) in [6, 6.07) is 0.0545. The Morgan fingerprint density at radius 2 is 2.31 bits per heavy atom. The molecule has 0 bridgehead atoms. The largest absolute Gasteiger partial charge is 0.384 e. The molecule has 0 aromatic heterocycles. The van der Waals surface area contributed by atoms with Gasteiger partial charge in [0.2, 0.25) is 0 Å². The molecule has 1 N–H and O–H groups in total. The highest BCUT2D eigenvalue weighted by Gasteiger charge is 2.27. The Hall–Kier alpha value is -0.150. The average Bonchev–Trinajstić information content (AvgIpc) is 2.18. The second kappa shape index (κ2) is 5.55. The quantitative estimate of drug-likeness (QED) is 0.727. The Morgan fingerprint density at radius 1 is 1.54 bits per heavy atom. The number of hydrogen-bond acceptors (Lipinski definition) is 2. The highest BCUT2D eigenvalue weighted by Crippen LogP contribution is 2.19. The zero-order valence-electron chi connectivity index (χ0n) is 8.55. The Bertz CT molecular complexity index is 137. The highest BCUT2D eigenvalue weighted by molar-refractivity contribution is 4.82. The van der Waals surface area contributed by atoms with Gasteiger partial charge in [-0.05, 0) is 19.4 Å². The molecule has 0 aromatic rings. The van der Waals surface area contributed by atoms with Crippen molar-refractivity contribution in [3.63, 3.8) is 0 Å². The van der Waals surface area contributed by atoms with Gasteiger partial charge in [0.1, 0.15) is 6.17 Å². The third kappa shape index (κ3) is 3.24.